The molecule has 0 amide bonds. The molecule has 0 radical (unpaired) electrons. The highest BCUT2D eigenvalue weighted by atomic mass is 32.2. The van der Waals surface area contributed by atoms with Crippen LogP contribution in [-0.4, -0.2) is 32.3 Å². The third kappa shape index (κ3) is 9.81. The van der Waals surface area contributed by atoms with Gasteiger partial charge >= 0.3 is 0 Å². The summed E-state index contributed by atoms with van der Waals surface area (Å²) in [6, 6.07) is 6.34. The number of hydrogen-bond acceptors (Lipinski definition) is 5. The third-order valence-electron chi connectivity index (χ3n) is 4.87. The molecule has 2 aromatic heterocycles. The van der Waals surface area contributed by atoms with Crippen LogP contribution in [0.2, 0.25) is 0 Å². The molecule has 2 aromatic rings. The highest BCUT2D eigenvalue weighted by Crippen LogP contribution is 2.20. The minimum Gasteiger partial charge on any atom is -0.288 e. The lowest BCUT2D eigenvalue weighted by molar-refractivity contribution is -0.109. The summed E-state index contributed by atoms with van der Waals surface area (Å²) in [6.07, 6.45) is 12.5. The molecule has 0 saturated carbocycles. The lowest BCUT2D eigenvalue weighted by Crippen LogP contribution is -1.96. The summed E-state index contributed by atoms with van der Waals surface area (Å²) in [5.74, 6) is 3.47. The van der Waals surface area contributed by atoms with E-state index in [2.05, 4.69) is 47.7 Å². The van der Waals surface area contributed by atoms with Gasteiger partial charge in [-0.05, 0) is 92.3 Å². The Morgan fingerprint density at radius 2 is 1.59 bits per heavy atom. The van der Waals surface area contributed by atoms with E-state index in [1.807, 2.05) is 18.5 Å². The summed E-state index contributed by atoms with van der Waals surface area (Å²) in [7, 11) is 0. The maximum Gasteiger partial charge on any atom is 0.185 e. The molecule has 2 rings (SSSR count). The SMILES string of the molecule is CC(=O)SCCCCSCCCCCCc1cc(-c2cc(C)ccn2)ncc1C. The van der Waals surface area contributed by atoms with Crippen LogP contribution in [-0.2, 0) is 11.2 Å². The van der Waals surface area contributed by atoms with Crippen molar-refractivity contribution >= 4 is 28.6 Å². The van der Waals surface area contributed by atoms with Crippen molar-refractivity contribution in [3.8, 4) is 11.4 Å². The second-order valence-electron chi connectivity index (χ2n) is 7.54. The molecule has 0 unspecified atom stereocenters. The zero-order chi connectivity index (χ0) is 20.9. The van der Waals surface area contributed by atoms with Gasteiger partial charge < -0.3 is 0 Å². The Balaban J connectivity index is 1.60. The van der Waals surface area contributed by atoms with Crippen molar-refractivity contribution in [1.29, 1.82) is 0 Å². The van der Waals surface area contributed by atoms with E-state index in [4.69, 9.17) is 0 Å². The van der Waals surface area contributed by atoms with Crippen molar-refractivity contribution in [2.45, 2.75) is 65.7 Å². The van der Waals surface area contributed by atoms with Gasteiger partial charge in [-0.1, -0.05) is 24.6 Å². The Labute approximate surface area is 184 Å². The molecule has 0 aliphatic rings. The molecule has 2 heterocycles. The van der Waals surface area contributed by atoms with Crippen LogP contribution in [0.25, 0.3) is 11.4 Å². The summed E-state index contributed by atoms with van der Waals surface area (Å²) in [5, 5.41) is 0.239. The number of carbonyl (C=O) groups excluding carboxylic acids is 1. The Morgan fingerprint density at radius 3 is 2.34 bits per heavy atom. The van der Waals surface area contributed by atoms with Crippen molar-refractivity contribution in [3.05, 3.63) is 47.3 Å². The van der Waals surface area contributed by atoms with Crippen LogP contribution in [0.1, 0.15) is 62.1 Å². The van der Waals surface area contributed by atoms with E-state index < -0.39 is 0 Å². The molecule has 29 heavy (non-hydrogen) atoms. The number of pyridine rings is 2. The molecule has 158 valence electrons. The lowest BCUT2D eigenvalue weighted by Gasteiger charge is -2.09. The average molecular weight is 431 g/mol. The number of aromatic nitrogens is 2. The fourth-order valence-corrected chi connectivity index (χ4v) is 4.80. The maximum atomic E-state index is 10.9. The smallest absolute Gasteiger partial charge is 0.185 e. The monoisotopic (exact) mass is 430 g/mol. The van der Waals surface area contributed by atoms with Crippen molar-refractivity contribution in [2.75, 3.05) is 17.3 Å². The number of hydrogen-bond donors (Lipinski definition) is 0. The molecule has 5 heteroatoms. The van der Waals surface area contributed by atoms with Crippen molar-refractivity contribution in [3.63, 3.8) is 0 Å². The quantitative estimate of drug-likeness (QED) is 0.333. The maximum absolute atomic E-state index is 10.9. The van der Waals surface area contributed by atoms with Crippen molar-refractivity contribution < 1.29 is 4.79 Å². The van der Waals surface area contributed by atoms with E-state index in [9.17, 15) is 4.79 Å². The summed E-state index contributed by atoms with van der Waals surface area (Å²) in [4.78, 5) is 19.9. The largest absolute Gasteiger partial charge is 0.288 e. The summed E-state index contributed by atoms with van der Waals surface area (Å²) < 4.78 is 0. The van der Waals surface area contributed by atoms with E-state index >= 15 is 0 Å². The number of carbonyl (C=O) groups is 1. The normalized spacial score (nSPS) is 11.0. The van der Waals surface area contributed by atoms with E-state index in [1.54, 1.807) is 6.92 Å². The van der Waals surface area contributed by atoms with Gasteiger partial charge in [0.2, 0.25) is 0 Å². The van der Waals surface area contributed by atoms with Crippen LogP contribution in [0, 0.1) is 13.8 Å². The van der Waals surface area contributed by atoms with E-state index in [0.717, 1.165) is 30.0 Å². The molecular weight excluding hydrogens is 396 g/mol. The average Bonchev–Trinajstić information content (AvgIpc) is 2.70. The zero-order valence-corrected chi connectivity index (χ0v) is 19.7. The van der Waals surface area contributed by atoms with E-state index in [1.165, 1.54) is 72.1 Å². The Bertz CT molecular complexity index is 764. The number of nitrogens with zero attached hydrogens (tertiary/aromatic N) is 2. The highest BCUT2D eigenvalue weighted by Gasteiger charge is 2.06. The first kappa shape index (κ1) is 23.9. The molecular formula is C24H34N2OS2. The van der Waals surface area contributed by atoms with Crippen molar-refractivity contribution in [2.24, 2.45) is 0 Å². The Kier molecular flexibility index (Phi) is 11.4. The second-order valence-corrected chi connectivity index (χ2v) is 10.0. The number of unbranched alkanes of at least 4 members (excludes halogenated alkanes) is 4. The predicted octanol–water partition coefficient (Wildman–Crippen LogP) is 6.66. The fraction of sp³-hybridized carbons (Fsp3) is 0.542. The Morgan fingerprint density at radius 1 is 0.897 bits per heavy atom. The molecule has 0 atom stereocenters. The molecule has 0 saturated heterocycles. The van der Waals surface area contributed by atoms with Crippen LogP contribution in [0.5, 0.6) is 0 Å². The molecule has 0 aliphatic heterocycles. The van der Waals surface area contributed by atoms with E-state index in [0.29, 0.717) is 0 Å². The van der Waals surface area contributed by atoms with Gasteiger partial charge in [0.15, 0.2) is 5.12 Å². The lowest BCUT2D eigenvalue weighted by atomic mass is 10.0. The minimum absolute atomic E-state index is 0.239. The standard InChI is InChI=1S/C24H34N2OS2/c1-19-11-12-25-23(16-19)24-17-22(20(2)18-26-24)10-6-4-5-7-13-28-14-8-9-15-29-21(3)27/h11-12,16-18H,4-10,13-15H2,1-3H3. The molecule has 0 aliphatic carbocycles. The first-order valence-electron chi connectivity index (χ1n) is 10.7. The predicted molar refractivity (Wildman–Crippen MR) is 129 cm³/mol. The van der Waals surface area contributed by atoms with Gasteiger partial charge in [0.25, 0.3) is 0 Å². The number of aryl methyl sites for hydroxylation is 3. The van der Waals surface area contributed by atoms with Gasteiger partial charge in [-0.15, -0.1) is 0 Å². The van der Waals surface area contributed by atoms with Gasteiger partial charge in [-0.25, -0.2) is 0 Å². The molecule has 0 aromatic carbocycles. The Hall–Kier alpha value is -1.33. The molecule has 0 bridgehead atoms. The zero-order valence-electron chi connectivity index (χ0n) is 18.1. The number of rotatable bonds is 13. The first-order valence-corrected chi connectivity index (χ1v) is 12.8. The van der Waals surface area contributed by atoms with Gasteiger partial charge in [0.05, 0.1) is 11.4 Å². The first-order chi connectivity index (χ1) is 14.1. The second kappa shape index (κ2) is 13.8. The van der Waals surface area contributed by atoms with Gasteiger partial charge in [-0.3, -0.25) is 14.8 Å². The number of thioether (sulfide) groups is 2. The van der Waals surface area contributed by atoms with Crippen LogP contribution in [0.15, 0.2) is 30.6 Å². The van der Waals surface area contributed by atoms with Crippen molar-refractivity contribution in [1.82, 2.24) is 9.97 Å². The van der Waals surface area contributed by atoms with Crippen LogP contribution in [0.3, 0.4) is 0 Å². The van der Waals surface area contributed by atoms with Gasteiger partial charge in [0.1, 0.15) is 0 Å². The summed E-state index contributed by atoms with van der Waals surface area (Å²) >= 11 is 3.51. The van der Waals surface area contributed by atoms with Crippen LogP contribution in [0.4, 0.5) is 0 Å². The third-order valence-corrected chi connectivity index (χ3v) is 6.92. The van der Waals surface area contributed by atoms with Gasteiger partial charge in [-0.2, -0.15) is 11.8 Å². The molecule has 3 nitrogen and oxygen atoms in total. The minimum atomic E-state index is 0.239. The summed E-state index contributed by atoms with van der Waals surface area (Å²) in [6.45, 7) is 5.89. The van der Waals surface area contributed by atoms with Gasteiger partial charge in [0, 0.05) is 25.1 Å². The van der Waals surface area contributed by atoms with E-state index in [-0.39, 0.29) is 5.12 Å². The topological polar surface area (TPSA) is 42.9 Å². The van der Waals surface area contributed by atoms with Crippen LogP contribution >= 0.6 is 23.5 Å². The summed E-state index contributed by atoms with van der Waals surface area (Å²) in [5.41, 5.74) is 5.83. The molecule has 0 spiro atoms. The molecule has 0 fully saturated rings. The van der Waals surface area contributed by atoms with Crippen LogP contribution < -0.4 is 0 Å². The fourth-order valence-electron chi connectivity index (χ4n) is 3.15. The molecule has 0 N–H and O–H groups in total. The highest BCUT2D eigenvalue weighted by molar-refractivity contribution is 8.13.